The van der Waals surface area contributed by atoms with Crippen LogP contribution in [0.5, 0.6) is 0 Å². The van der Waals surface area contributed by atoms with E-state index in [4.69, 9.17) is 16.9 Å². The molecule has 90 valence electrons. The van der Waals surface area contributed by atoms with Gasteiger partial charge >= 0.3 is 5.97 Å². The summed E-state index contributed by atoms with van der Waals surface area (Å²) in [4.78, 5) is 11.3. The molecule has 1 aromatic rings. The number of hydrogen-bond acceptors (Lipinski definition) is 3. The molecule has 0 atom stereocenters. The van der Waals surface area contributed by atoms with Crippen LogP contribution in [-0.2, 0) is 28.3 Å². The van der Waals surface area contributed by atoms with Gasteiger partial charge in [-0.2, -0.15) is 5.26 Å². The van der Waals surface area contributed by atoms with Crippen LogP contribution >= 0.6 is 11.6 Å². The fraction of sp³-hybridized carbons (Fsp3) is 0.385. The number of nitrogens with zero attached hydrogens (tertiary/aromatic N) is 1. The van der Waals surface area contributed by atoms with Gasteiger partial charge in [0.05, 0.1) is 25.2 Å². The van der Waals surface area contributed by atoms with Crippen LogP contribution in [-0.4, -0.2) is 13.1 Å². The van der Waals surface area contributed by atoms with Crippen molar-refractivity contribution in [1.29, 1.82) is 5.26 Å². The highest BCUT2D eigenvalue weighted by Crippen LogP contribution is 2.22. The number of ether oxygens (including phenoxy) is 1. The van der Waals surface area contributed by atoms with Gasteiger partial charge in [0.1, 0.15) is 0 Å². The van der Waals surface area contributed by atoms with Gasteiger partial charge in [-0.3, -0.25) is 4.79 Å². The lowest BCUT2D eigenvalue weighted by molar-refractivity contribution is -0.139. The molecule has 0 aliphatic heterocycles. The Kier molecular flexibility index (Phi) is 4.99. The molecule has 0 aliphatic rings. The fourth-order valence-corrected chi connectivity index (χ4v) is 2.14. The average Bonchev–Trinajstić information content (AvgIpc) is 2.37. The SMILES string of the molecule is CCc1c(CC(=O)OC)ccc(C#N)c1CCl. The number of nitriles is 1. The number of halogens is 1. The number of rotatable bonds is 4. The zero-order valence-corrected chi connectivity index (χ0v) is 10.7. The third-order valence-corrected chi connectivity index (χ3v) is 2.97. The quantitative estimate of drug-likeness (QED) is 0.610. The summed E-state index contributed by atoms with van der Waals surface area (Å²) in [7, 11) is 1.36. The van der Waals surface area contributed by atoms with Crippen LogP contribution in [0.25, 0.3) is 0 Å². The smallest absolute Gasteiger partial charge is 0.309 e. The van der Waals surface area contributed by atoms with Crippen LogP contribution in [0.3, 0.4) is 0 Å². The average molecular weight is 252 g/mol. The molecule has 4 heteroatoms. The zero-order chi connectivity index (χ0) is 12.8. The van der Waals surface area contributed by atoms with Gasteiger partial charge in [0.25, 0.3) is 0 Å². The van der Waals surface area contributed by atoms with E-state index in [-0.39, 0.29) is 18.3 Å². The van der Waals surface area contributed by atoms with E-state index in [0.29, 0.717) is 5.56 Å². The molecular formula is C13H14ClNO2. The van der Waals surface area contributed by atoms with E-state index in [1.54, 1.807) is 12.1 Å². The first-order chi connectivity index (χ1) is 8.17. The van der Waals surface area contributed by atoms with Gasteiger partial charge in [-0.25, -0.2) is 0 Å². The molecule has 17 heavy (non-hydrogen) atoms. The highest BCUT2D eigenvalue weighted by atomic mass is 35.5. The van der Waals surface area contributed by atoms with Crippen LogP contribution in [0.4, 0.5) is 0 Å². The third kappa shape index (κ3) is 2.98. The molecule has 1 rings (SSSR count). The van der Waals surface area contributed by atoms with E-state index >= 15 is 0 Å². The molecule has 0 unspecified atom stereocenters. The van der Waals surface area contributed by atoms with Crippen molar-refractivity contribution < 1.29 is 9.53 Å². The fourth-order valence-electron chi connectivity index (χ4n) is 1.83. The molecule has 0 spiro atoms. The number of esters is 1. The lowest BCUT2D eigenvalue weighted by atomic mass is 9.94. The Labute approximate surface area is 106 Å². The maximum Gasteiger partial charge on any atom is 0.309 e. The van der Waals surface area contributed by atoms with Gasteiger partial charge in [0, 0.05) is 5.88 Å². The van der Waals surface area contributed by atoms with Crippen LogP contribution in [0, 0.1) is 11.3 Å². The predicted octanol–water partition coefficient (Wildman–Crippen LogP) is 2.57. The highest BCUT2D eigenvalue weighted by Gasteiger charge is 2.13. The molecule has 1 aromatic carbocycles. The van der Waals surface area contributed by atoms with E-state index in [1.165, 1.54) is 7.11 Å². The maximum absolute atomic E-state index is 11.3. The second kappa shape index (κ2) is 6.27. The second-order valence-corrected chi connectivity index (χ2v) is 3.85. The zero-order valence-electron chi connectivity index (χ0n) is 9.92. The molecule has 0 radical (unpaired) electrons. The summed E-state index contributed by atoms with van der Waals surface area (Å²) in [5.74, 6) is -0.00825. The van der Waals surface area contributed by atoms with Crippen LogP contribution in [0.1, 0.15) is 29.2 Å². The van der Waals surface area contributed by atoms with E-state index in [9.17, 15) is 4.79 Å². The summed E-state index contributed by atoms with van der Waals surface area (Å²) in [6.45, 7) is 1.98. The summed E-state index contributed by atoms with van der Waals surface area (Å²) < 4.78 is 4.65. The first-order valence-corrected chi connectivity index (χ1v) is 5.87. The molecule has 0 saturated heterocycles. The summed E-state index contributed by atoms with van der Waals surface area (Å²) in [5, 5.41) is 8.99. The molecule has 0 N–H and O–H groups in total. The first kappa shape index (κ1) is 13.5. The van der Waals surface area contributed by atoms with Crippen molar-refractivity contribution in [2.45, 2.75) is 25.6 Å². The standard InChI is InChI=1S/C13H14ClNO2/c1-3-11-9(6-13(16)17-2)4-5-10(8-15)12(11)7-14/h4-5H,3,6-7H2,1-2H3. The predicted molar refractivity (Wildman–Crippen MR) is 65.8 cm³/mol. The Balaban J connectivity index is 3.24. The monoisotopic (exact) mass is 251 g/mol. The Morgan fingerprint density at radius 3 is 2.65 bits per heavy atom. The van der Waals surface area contributed by atoms with E-state index in [2.05, 4.69) is 10.8 Å². The second-order valence-electron chi connectivity index (χ2n) is 3.58. The van der Waals surface area contributed by atoms with Gasteiger partial charge in [-0.05, 0) is 29.2 Å². The summed E-state index contributed by atoms with van der Waals surface area (Å²) in [5.41, 5.74) is 3.25. The lowest BCUT2D eigenvalue weighted by Gasteiger charge is -2.12. The van der Waals surface area contributed by atoms with Gasteiger partial charge in [0.15, 0.2) is 0 Å². The van der Waals surface area contributed by atoms with Gasteiger partial charge in [-0.1, -0.05) is 13.0 Å². The molecule has 0 amide bonds. The Morgan fingerprint density at radius 2 is 2.18 bits per heavy atom. The number of carbonyl (C=O) groups excluding carboxylic acids is 1. The van der Waals surface area contributed by atoms with Crippen molar-refractivity contribution in [2.75, 3.05) is 7.11 Å². The Morgan fingerprint density at radius 1 is 1.47 bits per heavy atom. The molecule has 3 nitrogen and oxygen atoms in total. The molecule has 0 saturated carbocycles. The topological polar surface area (TPSA) is 50.1 Å². The van der Waals surface area contributed by atoms with Crippen molar-refractivity contribution >= 4 is 17.6 Å². The molecule has 0 aromatic heterocycles. The summed E-state index contributed by atoms with van der Waals surface area (Å²) >= 11 is 5.87. The van der Waals surface area contributed by atoms with Gasteiger partial charge < -0.3 is 4.74 Å². The van der Waals surface area contributed by atoms with E-state index in [1.807, 2.05) is 6.92 Å². The summed E-state index contributed by atoms with van der Waals surface area (Å²) in [6.07, 6.45) is 0.958. The van der Waals surface area contributed by atoms with E-state index in [0.717, 1.165) is 23.1 Å². The minimum absolute atomic E-state index is 0.218. The first-order valence-electron chi connectivity index (χ1n) is 5.34. The highest BCUT2D eigenvalue weighted by molar-refractivity contribution is 6.17. The molecule has 0 heterocycles. The number of carbonyl (C=O) groups is 1. The van der Waals surface area contributed by atoms with Crippen molar-refractivity contribution in [2.24, 2.45) is 0 Å². The number of hydrogen-bond donors (Lipinski definition) is 0. The van der Waals surface area contributed by atoms with Crippen molar-refractivity contribution in [3.05, 3.63) is 34.4 Å². The Hall–Kier alpha value is -1.53. The normalized spacial score (nSPS) is 9.76. The number of benzene rings is 1. The molecule has 0 bridgehead atoms. The van der Waals surface area contributed by atoms with E-state index < -0.39 is 0 Å². The number of methoxy groups -OCH3 is 1. The maximum atomic E-state index is 11.3. The van der Waals surface area contributed by atoms with Crippen LogP contribution in [0.15, 0.2) is 12.1 Å². The van der Waals surface area contributed by atoms with Crippen LogP contribution < -0.4 is 0 Å². The minimum Gasteiger partial charge on any atom is -0.469 e. The molecular weight excluding hydrogens is 238 g/mol. The third-order valence-electron chi connectivity index (χ3n) is 2.70. The number of alkyl halides is 1. The lowest BCUT2D eigenvalue weighted by Crippen LogP contribution is -2.09. The Bertz CT molecular complexity index is 463. The van der Waals surface area contributed by atoms with Crippen molar-refractivity contribution in [3.63, 3.8) is 0 Å². The van der Waals surface area contributed by atoms with Gasteiger partial charge in [-0.15, -0.1) is 11.6 Å². The van der Waals surface area contributed by atoms with Crippen molar-refractivity contribution in [1.82, 2.24) is 0 Å². The summed E-state index contributed by atoms with van der Waals surface area (Å²) in [6, 6.07) is 5.61. The van der Waals surface area contributed by atoms with Crippen molar-refractivity contribution in [3.8, 4) is 6.07 Å². The minimum atomic E-state index is -0.287. The molecule has 0 fully saturated rings. The largest absolute Gasteiger partial charge is 0.469 e. The van der Waals surface area contributed by atoms with Crippen LogP contribution in [0.2, 0.25) is 0 Å². The van der Waals surface area contributed by atoms with Gasteiger partial charge in [0.2, 0.25) is 0 Å². The molecule has 0 aliphatic carbocycles.